The van der Waals surface area contributed by atoms with E-state index in [1.165, 1.54) is 18.3 Å². The lowest BCUT2D eigenvalue weighted by Crippen LogP contribution is -2.37. The van der Waals surface area contributed by atoms with Gasteiger partial charge in [-0.15, -0.1) is 0 Å². The lowest BCUT2D eigenvalue weighted by atomic mass is 9.93. The second kappa shape index (κ2) is 4.77. The fraction of sp³-hybridized carbons (Fsp3) is 0.400. The van der Waals surface area contributed by atoms with Crippen LogP contribution >= 0.6 is 0 Å². The molecule has 0 radical (unpaired) electrons. The molecule has 0 aromatic carbocycles. The Labute approximate surface area is 98.2 Å². The Hall–Kier alpha value is -2.18. The molecule has 3 N–H and O–H groups in total. The molecule has 0 spiro atoms. The Kier molecular flexibility index (Phi) is 3.62. The van der Waals surface area contributed by atoms with Crippen molar-refractivity contribution in [3.63, 3.8) is 0 Å². The van der Waals surface area contributed by atoms with Gasteiger partial charge in [0.25, 0.3) is 0 Å². The molecule has 1 amide bonds. The van der Waals surface area contributed by atoms with Crippen molar-refractivity contribution in [3.8, 4) is 0 Å². The van der Waals surface area contributed by atoms with Crippen molar-refractivity contribution < 1.29 is 9.72 Å². The number of nitrogens with two attached hydrogens (primary N) is 1. The quantitative estimate of drug-likeness (QED) is 0.585. The van der Waals surface area contributed by atoms with Gasteiger partial charge in [-0.05, 0) is 29.8 Å². The molecule has 1 heterocycles. The highest BCUT2D eigenvalue weighted by Crippen LogP contribution is 2.17. The van der Waals surface area contributed by atoms with Crippen molar-refractivity contribution in [2.24, 2.45) is 11.1 Å². The van der Waals surface area contributed by atoms with E-state index in [9.17, 15) is 14.9 Å². The van der Waals surface area contributed by atoms with Crippen molar-refractivity contribution >= 4 is 17.4 Å². The van der Waals surface area contributed by atoms with Crippen LogP contribution in [-0.2, 0) is 4.79 Å². The van der Waals surface area contributed by atoms with Crippen molar-refractivity contribution in [2.75, 3.05) is 11.9 Å². The van der Waals surface area contributed by atoms with Crippen LogP contribution in [0.1, 0.15) is 13.8 Å². The average Bonchev–Trinajstić information content (AvgIpc) is 2.27. The van der Waals surface area contributed by atoms with Gasteiger partial charge >= 0.3 is 5.82 Å². The van der Waals surface area contributed by atoms with E-state index in [1.807, 2.05) is 0 Å². The highest BCUT2D eigenvalue weighted by molar-refractivity contribution is 5.80. The number of hydrogen-bond acceptors (Lipinski definition) is 5. The summed E-state index contributed by atoms with van der Waals surface area (Å²) < 4.78 is 0. The second-order valence-electron chi connectivity index (χ2n) is 4.26. The van der Waals surface area contributed by atoms with Crippen LogP contribution in [0.5, 0.6) is 0 Å². The Balaban J connectivity index is 2.65. The molecule has 0 bridgehead atoms. The molecule has 7 nitrogen and oxygen atoms in total. The van der Waals surface area contributed by atoms with E-state index in [4.69, 9.17) is 5.73 Å². The molecule has 92 valence electrons. The SMILES string of the molecule is CC(C)(CNc1ccc([N+](=O)[O-])nc1)C(N)=O. The summed E-state index contributed by atoms with van der Waals surface area (Å²) in [4.78, 5) is 24.5. The minimum Gasteiger partial charge on any atom is -0.381 e. The summed E-state index contributed by atoms with van der Waals surface area (Å²) in [5, 5.41) is 13.3. The molecule has 0 aliphatic carbocycles. The first-order valence-corrected chi connectivity index (χ1v) is 4.97. The first-order valence-electron chi connectivity index (χ1n) is 4.97. The predicted octanol–water partition coefficient (Wildman–Crippen LogP) is 0.913. The number of aromatic nitrogens is 1. The monoisotopic (exact) mass is 238 g/mol. The van der Waals surface area contributed by atoms with Gasteiger partial charge in [0.2, 0.25) is 5.91 Å². The maximum absolute atomic E-state index is 11.1. The van der Waals surface area contributed by atoms with Crippen LogP contribution in [0.4, 0.5) is 11.5 Å². The highest BCUT2D eigenvalue weighted by atomic mass is 16.6. The molecule has 1 rings (SSSR count). The summed E-state index contributed by atoms with van der Waals surface area (Å²) in [7, 11) is 0. The normalized spacial score (nSPS) is 10.9. The summed E-state index contributed by atoms with van der Waals surface area (Å²) >= 11 is 0. The molecule has 1 aromatic rings. The van der Waals surface area contributed by atoms with Gasteiger partial charge in [0.15, 0.2) is 6.20 Å². The molecule has 0 fully saturated rings. The van der Waals surface area contributed by atoms with E-state index in [0.29, 0.717) is 12.2 Å². The molecular weight excluding hydrogens is 224 g/mol. The molecule has 0 unspecified atom stereocenters. The van der Waals surface area contributed by atoms with Crippen LogP contribution < -0.4 is 11.1 Å². The van der Waals surface area contributed by atoms with Gasteiger partial charge in [-0.3, -0.25) is 4.79 Å². The first-order chi connectivity index (χ1) is 7.83. The third-order valence-corrected chi connectivity index (χ3v) is 2.34. The molecule has 0 aliphatic rings. The zero-order chi connectivity index (χ0) is 13.1. The van der Waals surface area contributed by atoms with Crippen molar-refractivity contribution in [1.82, 2.24) is 4.98 Å². The van der Waals surface area contributed by atoms with Gasteiger partial charge < -0.3 is 21.2 Å². The number of carbonyl (C=O) groups is 1. The molecule has 0 aliphatic heterocycles. The minimum absolute atomic E-state index is 0.218. The number of anilines is 1. The summed E-state index contributed by atoms with van der Waals surface area (Å²) in [5.74, 6) is -0.635. The maximum atomic E-state index is 11.1. The molecule has 1 aromatic heterocycles. The summed E-state index contributed by atoms with van der Waals surface area (Å²) in [6, 6.07) is 2.82. The lowest BCUT2D eigenvalue weighted by molar-refractivity contribution is -0.389. The molecule has 0 atom stereocenters. The number of primary amides is 1. The van der Waals surface area contributed by atoms with E-state index >= 15 is 0 Å². The van der Waals surface area contributed by atoms with Crippen LogP contribution in [0.15, 0.2) is 18.3 Å². The van der Waals surface area contributed by atoms with Crippen LogP contribution in [-0.4, -0.2) is 22.4 Å². The molecule has 17 heavy (non-hydrogen) atoms. The Morgan fingerprint density at radius 1 is 1.59 bits per heavy atom. The highest BCUT2D eigenvalue weighted by Gasteiger charge is 2.24. The zero-order valence-electron chi connectivity index (χ0n) is 9.64. The van der Waals surface area contributed by atoms with Crippen LogP contribution in [0, 0.1) is 15.5 Å². The topological polar surface area (TPSA) is 111 Å². The van der Waals surface area contributed by atoms with Gasteiger partial charge in [0.1, 0.15) is 0 Å². The number of nitrogens with zero attached hydrogens (tertiary/aromatic N) is 2. The van der Waals surface area contributed by atoms with E-state index in [1.54, 1.807) is 13.8 Å². The number of hydrogen-bond donors (Lipinski definition) is 2. The molecule has 7 heteroatoms. The van der Waals surface area contributed by atoms with E-state index < -0.39 is 16.2 Å². The third-order valence-electron chi connectivity index (χ3n) is 2.34. The van der Waals surface area contributed by atoms with Crippen LogP contribution in [0.3, 0.4) is 0 Å². The van der Waals surface area contributed by atoms with Gasteiger partial charge in [0.05, 0.1) is 11.1 Å². The molecule has 0 saturated carbocycles. The Morgan fingerprint density at radius 2 is 2.24 bits per heavy atom. The van der Waals surface area contributed by atoms with Crippen LogP contribution in [0.2, 0.25) is 0 Å². The average molecular weight is 238 g/mol. The maximum Gasteiger partial charge on any atom is 0.363 e. The fourth-order valence-electron chi connectivity index (χ4n) is 1.01. The molecular formula is C10H14N4O3. The van der Waals surface area contributed by atoms with Gasteiger partial charge in [0, 0.05) is 12.6 Å². The van der Waals surface area contributed by atoms with E-state index in [-0.39, 0.29) is 5.82 Å². The number of pyridine rings is 1. The Bertz CT molecular complexity index is 428. The van der Waals surface area contributed by atoms with Gasteiger partial charge in [-0.1, -0.05) is 0 Å². The van der Waals surface area contributed by atoms with E-state index in [0.717, 1.165) is 0 Å². The fourth-order valence-corrected chi connectivity index (χ4v) is 1.01. The van der Waals surface area contributed by atoms with Crippen molar-refractivity contribution in [3.05, 3.63) is 28.4 Å². The standard InChI is InChI=1S/C10H14N4O3/c1-10(2,9(11)15)6-13-7-3-4-8(12-5-7)14(16)17/h3-5,13H,6H2,1-2H3,(H2,11,15). The van der Waals surface area contributed by atoms with Crippen molar-refractivity contribution in [1.29, 1.82) is 0 Å². The minimum atomic E-state index is -0.693. The summed E-state index contributed by atoms with van der Waals surface area (Å²) in [6.45, 7) is 3.75. The third kappa shape index (κ3) is 3.40. The zero-order valence-corrected chi connectivity index (χ0v) is 9.64. The number of carbonyl (C=O) groups excluding carboxylic acids is 1. The summed E-state index contributed by atoms with van der Waals surface area (Å²) in [5.41, 5.74) is 5.12. The number of rotatable bonds is 5. The van der Waals surface area contributed by atoms with Gasteiger partial charge in [-0.25, -0.2) is 0 Å². The van der Waals surface area contributed by atoms with Crippen molar-refractivity contribution in [2.45, 2.75) is 13.8 Å². The largest absolute Gasteiger partial charge is 0.381 e. The van der Waals surface area contributed by atoms with E-state index in [2.05, 4.69) is 10.3 Å². The lowest BCUT2D eigenvalue weighted by Gasteiger charge is -2.20. The number of amides is 1. The predicted molar refractivity (Wildman–Crippen MR) is 62.4 cm³/mol. The number of nitro groups is 1. The summed E-state index contributed by atoms with van der Waals surface area (Å²) in [6.07, 6.45) is 1.34. The second-order valence-corrected chi connectivity index (χ2v) is 4.26. The van der Waals surface area contributed by atoms with Crippen LogP contribution in [0.25, 0.3) is 0 Å². The molecule has 0 saturated heterocycles. The smallest absolute Gasteiger partial charge is 0.363 e. The van der Waals surface area contributed by atoms with Gasteiger partial charge in [-0.2, -0.15) is 0 Å². The first kappa shape index (κ1) is 12.9. The Morgan fingerprint density at radius 3 is 2.65 bits per heavy atom. The number of nitrogens with one attached hydrogen (secondary N) is 1.